The van der Waals surface area contributed by atoms with E-state index in [1.54, 1.807) is 0 Å². The minimum absolute atomic E-state index is 0. The highest BCUT2D eigenvalue weighted by molar-refractivity contribution is 7.85. The number of phenols is 1. The van der Waals surface area contributed by atoms with Crippen LogP contribution in [0.5, 0.6) is 5.75 Å². The molecule has 6 nitrogen and oxygen atoms in total. The molecule has 0 unspecified atom stereocenters. The van der Waals surface area contributed by atoms with E-state index < -0.39 is 10.1 Å². The van der Waals surface area contributed by atoms with E-state index in [0.717, 1.165) is 18.2 Å². The molecule has 0 amide bonds. The third-order valence-corrected chi connectivity index (χ3v) is 2.15. The largest absolute Gasteiger partial charge is 0.506 e. The van der Waals surface area contributed by atoms with Gasteiger partial charge in [-0.25, -0.2) is 0 Å². The van der Waals surface area contributed by atoms with Crippen molar-refractivity contribution < 1.29 is 23.6 Å². The van der Waals surface area contributed by atoms with Gasteiger partial charge in [0.25, 0.3) is 10.1 Å². The predicted molar refractivity (Wildman–Crippen MR) is 45.9 cm³/mol. The maximum absolute atomic E-state index is 10.5. The Balaban J connectivity index is 0.00000144. The normalized spacial score (nSPS) is 10.5. The van der Waals surface area contributed by atoms with Crippen LogP contribution in [0.2, 0.25) is 0 Å². The van der Waals surface area contributed by atoms with Crippen molar-refractivity contribution in [2.45, 2.75) is 4.90 Å². The second-order valence-electron chi connectivity index (χ2n) is 2.20. The second-order valence-corrected chi connectivity index (χ2v) is 3.62. The van der Waals surface area contributed by atoms with Crippen LogP contribution >= 0.6 is 0 Å². The van der Waals surface area contributed by atoms with Crippen molar-refractivity contribution in [3.63, 3.8) is 0 Å². The van der Waals surface area contributed by atoms with Crippen LogP contribution in [0.15, 0.2) is 23.1 Å². The van der Waals surface area contributed by atoms with E-state index in [-0.39, 0.29) is 21.8 Å². The van der Waals surface area contributed by atoms with E-state index in [9.17, 15) is 8.42 Å². The summed E-state index contributed by atoms with van der Waals surface area (Å²) >= 11 is 0. The summed E-state index contributed by atoms with van der Waals surface area (Å²) in [4.78, 5) is -0.335. The van der Waals surface area contributed by atoms with Gasteiger partial charge in [0.15, 0.2) is 0 Å². The zero-order chi connectivity index (χ0) is 9.35. The van der Waals surface area contributed by atoms with Gasteiger partial charge in [-0.1, -0.05) is 0 Å². The summed E-state index contributed by atoms with van der Waals surface area (Å²) in [7, 11) is -4.23. The first-order valence-electron chi connectivity index (χ1n) is 2.97. The van der Waals surface area contributed by atoms with Crippen molar-refractivity contribution in [2.75, 3.05) is 5.73 Å². The molecule has 6 N–H and O–H groups in total. The van der Waals surface area contributed by atoms with Crippen LogP contribution in [0.1, 0.15) is 0 Å². The van der Waals surface area contributed by atoms with Gasteiger partial charge in [0.2, 0.25) is 0 Å². The summed E-state index contributed by atoms with van der Waals surface area (Å²) in [5, 5.41) is 8.91. The maximum Gasteiger partial charge on any atom is 0.294 e. The lowest BCUT2D eigenvalue weighted by Gasteiger charge is -2.00. The van der Waals surface area contributed by atoms with Crippen LogP contribution < -0.4 is 5.73 Å². The molecule has 0 fully saturated rings. The number of nitrogen functional groups attached to an aromatic ring is 1. The number of aromatic hydroxyl groups is 1. The average molecular weight is 207 g/mol. The number of rotatable bonds is 1. The van der Waals surface area contributed by atoms with Crippen LogP contribution in [0.25, 0.3) is 0 Å². The lowest BCUT2D eigenvalue weighted by Crippen LogP contribution is -1.98. The third kappa shape index (κ3) is 2.58. The highest BCUT2D eigenvalue weighted by Crippen LogP contribution is 2.22. The van der Waals surface area contributed by atoms with Gasteiger partial charge in [-0.3, -0.25) is 4.55 Å². The molecule has 0 heterocycles. The molecule has 0 aliphatic carbocycles. The molecule has 1 aromatic rings. The average Bonchev–Trinajstić information content (AvgIpc) is 1.92. The Hall–Kier alpha value is -1.31. The van der Waals surface area contributed by atoms with Gasteiger partial charge in [0.1, 0.15) is 5.75 Å². The number of nitrogens with two attached hydrogens (primary N) is 1. The van der Waals surface area contributed by atoms with Crippen molar-refractivity contribution in [3.8, 4) is 5.75 Å². The van der Waals surface area contributed by atoms with Crippen LogP contribution in [-0.2, 0) is 10.1 Å². The molecule has 0 radical (unpaired) electrons. The molecule has 1 rings (SSSR count). The fourth-order valence-electron chi connectivity index (χ4n) is 0.693. The summed E-state index contributed by atoms with van der Waals surface area (Å²) in [6.07, 6.45) is 0. The molecular formula is C6H9NO5S. The predicted octanol–water partition coefficient (Wildman–Crippen LogP) is -0.604. The van der Waals surface area contributed by atoms with Gasteiger partial charge in [-0.05, 0) is 18.2 Å². The molecule has 0 atom stereocenters. The molecule has 0 saturated carbocycles. The Labute approximate surface area is 74.7 Å². The fourth-order valence-corrected chi connectivity index (χ4v) is 1.21. The molecule has 0 bridgehead atoms. The molecule has 0 aromatic heterocycles. The number of hydrogen-bond acceptors (Lipinski definition) is 4. The Morgan fingerprint density at radius 1 is 1.31 bits per heavy atom. The lowest BCUT2D eigenvalue weighted by atomic mass is 10.3. The first-order valence-corrected chi connectivity index (χ1v) is 4.41. The molecule has 74 valence electrons. The van der Waals surface area contributed by atoms with Gasteiger partial charge in [0, 0.05) is 0 Å². The van der Waals surface area contributed by atoms with Gasteiger partial charge < -0.3 is 16.3 Å². The second kappa shape index (κ2) is 3.60. The summed E-state index contributed by atoms with van der Waals surface area (Å²) in [5.41, 5.74) is 5.10. The minimum Gasteiger partial charge on any atom is -0.506 e. The Morgan fingerprint density at radius 2 is 1.85 bits per heavy atom. The Kier molecular flexibility index (Phi) is 3.24. The van der Waals surface area contributed by atoms with Crippen molar-refractivity contribution in [2.24, 2.45) is 0 Å². The van der Waals surface area contributed by atoms with Crippen molar-refractivity contribution in [3.05, 3.63) is 18.2 Å². The molecule has 7 heteroatoms. The van der Waals surface area contributed by atoms with Crippen molar-refractivity contribution >= 4 is 15.8 Å². The van der Waals surface area contributed by atoms with Gasteiger partial charge in [0.05, 0.1) is 10.6 Å². The third-order valence-electron chi connectivity index (χ3n) is 1.30. The lowest BCUT2D eigenvalue weighted by molar-refractivity contribution is 0.475. The van der Waals surface area contributed by atoms with Crippen LogP contribution in [0.4, 0.5) is 5.69 Å². The SMILES string of the molecule is Nc1cc(S(=O)(=O)O)ccc1O.O. The van der Waals surface area contributed by atoms with E-state index in [0.29, 0.717) is 0 Å². The number of hydrogen-bond donors (Lipinski definition) is 3. The number of anilines is 1. The summed E-state index contributed by atoms with van der Waals surface area (Å²) < 4.78 is 29.6. The number of benzene rings is 1. The molecule has 13 heavy (non-hydrogen) atoms. The topological polar surface area (TPSA) is 132 Å². The molecule has 0 aliphatic rings. The van der Waals surface area contributed by atoms with E-state index in [1.807, 2.05) is 0 Å². The van der Waals surface area contributed by atoms with Crippen LogP contribution in [0.3, 0.4) is 0 Å². The smallest absolute Gasteiger partial charge is 0.294 e. The van der Waals surface area contributed by atoms with Crippen LogP contribution in [0, 0.1) is 0 Å². The summed E-state index contributed by atoms with van der Waals surface area (Å²) in [6.45, 7) is 0. The maximum atomic E-state index is 10.5. The zero-order valence-corrected chi connectivity index (χ0v) is 7.25. The van der Waals surface area contributed by atoms with E-state index >= 15 is 0 Å². The van der Waals surface area contributed by atoms with Gasteiger partial charge in [-0.2, -0.15) is 8.42 Å². The summed E-state index contributed by atoms with van der Waals surface area (Å²) in [6, 6.07) is 3.13. The quantitative estimate of drug-likeness (QED) is 0.321. The molecular weight excluding hydrogens is 198 g/mol. The molecule has 0 aliphatic heterocycles. The van der Waals surface area contributed by atoms with Crippen molar-refractivity contribution in [1.29, 1.82) is 0 Å². The minimum atomic E-state index is -4.23. The van der Waals surface area contributed by atoms with E-state index in [1.165, 1.54) is 0 Å². The van der Waals surface area contributed by atoms with Crippen molar-refractivity contribution in [1.82, 2.24) is 0 Å². The highest BCUT2D eigenvalue weighted by Gasteiger charge is 2.10. The fraction of sp³-hybridized carbons (Fsp3) is 0. The molecule has 1 aromatic carbocycles. The highest BCUT2D eigenvalue weighted by atomic mass is 32.2. The molecule has 0 saturated heterocycles. The molecule has 0 spiro atoms. The van der Waals surface area contributed by atoms with E-state index in [4.69, 9.17) is 15.4 Å². The first kappa shape index (κ1) is 11.7. The van der Waals surface area contributed by atoms with Gasteiger partial charge >= 0.3 is 0 Å². The number of phenolic OH excluding ortho intramolecular Hbond substituents is 1. The first-order chi connectivity index (χ1) is 5.41. The Bertz CT molecular complexity index is 399. The zero-order valence-electron chi connectivity index (χ0n) is 6.43. The van der Waals surface area contributed by atoms with Gasteiger partial charge in [-0.15, -0.1) is 0 Å². The standard InChI is InChI=1S/C6H7NO4S.H2O/c7-5-3-4(12(9,10)11)1-2-6(5)8;/h1-3,8H,7H2,(H,9,10,11);1H2. The monoisotopic (exact) mass is 207 g/mol. The van der Waals surface area contributed by atoms with Crippen LogP contribution in [-0.4, -0.2) is 23.6 Å². The Morgan fingerprint density at radius 3 is 2.23 bits per heavy atom. The van der Waals surface area contributed by atoms with E-state index in [2.05, 4.69) is 0 Å². The summed E-state index contributed by atoms with van der Waals surface area (Å²) in [5.74, 6) is -0.220.